The molecule has 0 saturated heterocycles. The van der Waals surface area contributed by atoms with Crippen LogP contribution in [0.3, 0.4) is 0 Å². The largest absolute Gasteiger partial charge is 0.434 e. The van der Waals surface area contributed by atoms with Crippen molar-refractivity contribution in [2.24, 2.45) is 11.8 Å². The van der Waals surface area contributed by atoms with E-state index in [9.17, 15) is 8.78 Å². The fourth-order valence-corrected chi connectivity index (χ4v) is 3.37. The van der Waals surface area contributed by atoms with E-state index in [1.807, 2.05) is 19.2 Å². The van der Waals surface area contributed by atoms with E-state index in [0.29, 0.717) is 17.6 Å². The molecule has 2 rings (SSSR count). The predicted octanol–water partition coefficient (Wildman–Crippen LogP) is 4.37. The third kappa shape index (κ3) is 3.69. The standard InChI is InChI=1S/C16H23F2NO/c1-11-6-5-7-12(10-11)15(19-2)13-8-3-4-9-14(13)20-16(17)18/h3-4,8-9,11-12,15-16,19H,5-7,10H2,1-2H3. The topological polar surface area (TPSA) is 21.3 Å². The summed E-state index contributed by atoms with van der Waals surface area (Å²) in [6.45, 7) is -0.514. The Morgan fingerprint density at radius 1 is 1.25 bits per heavy atom. The highest BCUT2D eigenvalue weighted by atomic mass is 19.3. The smallest absolute Gasteiger partial charge is 0.387 e. The molecular formula is C16H23F2NO. The van der Waals surface area contributed by atoms with E-state index in [1.54, 1.807) is 12.1 Å². The first-order valence-corrected chi connectivity index (χ1v) is 7.32. The van der Waals surface area contributed by atoms with Gasteiger partial charge in [0.1, 0.15) is 5.75 Å². The molecule has 3 atom stereocenters. The molecule has 4 heteroatoms. The van der Waals surface area contributed by atoms with E-state index < -0.39 is 6.61 Å². The van der Waals surface area contributed by atoms with Crippen molar-refractivity contribution in [3.8, 4) is 5.75 Å². The van der Waals surface area contributed by atoms with Gasteiger partial charge >= 0.3 is 6.61 Å². The van der Waals surface area contributed by atoms with Gasteiger partial charge in [-0.25, -0.2) is 0 Å². The van der Waals surface area contributed by atoms with Crippen molar-refractivity contribution >= 4 is 0 Å². The normalized spacial score (nSPS) is 24.6. The summed E-state index contributed by atoms with van der Waals surface area (Å²) in [5, 5.41) is 3.30. The van der Waals surface area contributed by atoms with Crippen LogP contribution < -0.4 is 10.1 Å². The maximum atomic E-state index is 12.5. The summed E-state index contributed by atoms with van der Waals surface area (Å²) >= 11 is 0. The van der Waals surface area contributed by atoms with Gasteiger partial charge in [-0.2, -0.15) is 8.78 Å². The second-order valence-electron chi connectivity index (χ2n) is 5.71. The van der Waals surface area contributed by atoms with Gasteiger partial charge in [-0.05, 0) is 37.8 Å². The molecule has 1 fully saturated rings. The molecule has 3 unspecified atom stereocenters. The van der Waals surface area contributed by atoms with Crippen LogP contribution in [-0.4, -0.2) is 13.7 Å². The van der Waals surface area contributed by atoms with Gasteiger partial charge in [0.05, 0.1) is 0 Å². The lowest BCUT2D eigenvalue weighted by atomic mass is 9.76. The molecule has 1 aromatic rings. The maximum Gasteiger partial charge on any atom is 0.387 e. The molecule has 112 valence electrons. The zero-order valence-electron chi connectivity index (χ0n) is 12.1. The van der Waals surface area contributed by atoms with Gasteiger partial charge in [0.2, 0.25) is 0 Å². The number of alkyl halides is 2. The highest BCUT2D eigenvalue weighted by Crippen LogP contribution is 2.39. The SMILES string of the molecule is CNC(c1ccccc1OC(F)F)C1CCCC(C)C1. The number of benzene rings is 1. The van der Waals surface area contributed by atoms with Crippen molar-refractivity contribution in [1.82, 2.24) is 5.32 Å². The van der Waals surface area contributed by atoms with Gasteiger partial charge in [0.15, 0.2) is 0 Å². The van der Waals surface area contributed by atoms with Gasteiger partial charge in [0.25, 0.3) is 0 Å². The van der Waals surface area contributed by atoms with E-state index >= 15 is 0 Å². The highest BCUT2D eigenvalue weighted by molar-refractivity contribution is 5.36. The first-order chi connectivity index (χ1) is 9.61. The minimum atomic E-state index is -2.78. The molecule has 0 spiro atoms. The van der Waals surface area contributed by atoms with E-state index in [2.05, 4.69) is 17.0 Å². The summed E-state index contributed by atoms with van der Waals surface area (Å²) in [5.74, 6) is 1.47. The van der Waals surface area contributed by atoms with Crippen LogP contribution in [0.25, 0.3) is 0 Å². The Morgan fingerprint density at radius 3 is 2.65 bits per heavy atom. The van der Waals surface area contributed by atoms with Gasteiger partial charge < -0.3 is 10.1 Å². The van der Waals surface area contributed by atoms with E-state index in [0.717, 1.165) is 18.4 Å². The maximum absolute atomic E-state index is 12.5. The summed E-state index contributed by atoms with van der Waals surface area (Å²) in [5.41, 5.74) is 0.842. The molecule has 2 nitrogen and oxygen atoms in total. The van der Waals surface area contributed by atoms with Crippen LogP contribution in [0.1, 0.15) is 44.2 Å². The lowest BCUT2D eigenvalue weighted by molar-refractivity contribution is -0.0509. The molecular weight excluding hydrogens is 260 g/mol. The predicted molar refractivity (Wildman–Crippen MR) is 76.0 cm³/mol. The Hall–Kier alpha value is -1.16. The van der Waals surface area contributed by atoms with Crippen LogP contribution in [0.5, 0.6) is 5.75 Å². The molecule has 0 aromatic heterocycles. The Bertz CT molecular complexity index is 425. The van der Waals surface area contributed by atoms with Gasteiger partial charge in [-0.3, -0.25) is 0 Å². The van der Waals surface area contributed by atoms with Crippen molar-refractivity contribution < 1.29 is 13.5 Å². The third-order valence-corrected chi connectivity index (χ3v) is 4.23. The Balaban J connectivity index is 2.22. The highest BCUT2D eigenvalue weighted by Gasteiger charge is 2.29. The average molecular weight is 283 g/mol. The zero-order valence-corrected chi connectivity index (χ0v) is 12.1. The lowest BCUT2D eigenvalue weighted by Gasteiger charge is -2.34. The fourth-order valence-electron chi connectivity index (χ4n) is 3.37. The average Bonchev–Trinajstić information content (AvgIpc) is 2.41. The number of halogens is 2. The number of para-hydroxylation sites is 1. The van der Waals surface area contributed by atoms with Crippen LogP contribution in [-0.2, 0) is 0 Å². The number of hydrogen-bond donors (Lipinski definition) is 1. The Morgan fingerprint density at radius 2 is 2.00 bits per heavy atom. The third-order valence-electron chi connectivity index (χ3n) is 4.23. The molecule has 1 aliphatic rings. The molecule has 0 radical (unpaired) electrons. The minimum absolute atomic E-state index is 0.0766. The minimum Gasteiger partial charge on any atom is -0.434 e. The summed E-state index contributed by atoms with van der Waals surface area (Å²) in [7, 11) is 1.89. The van der Waals surface area contributed by atoms with Crippen LogP contribution in [0, 0.1) is 11.8 Å². The van der Waals surface area contributed by atoms with Crippen LogP contribution in [0.2, 0.25) is 0 Å². The molecule has 1 N–H and O–H groups in total. The van der Waals surface area contributed by atoms with Crippen LogP contribution >= 0.6 is 0 Å². The lowest BCUT2D eigenvalue weighted by Crippen LogP contribution is -2.29. The molecule has 1 aliphatic carbocycles. The molecule has 20 heavy (non-hydrogen) atoms. The van der Waals surface area contributed by atoms with Crippen molar-refractivity contribution in [2.75, 3.05) is 7.05 Å². The molecule has 0 heterocycles. The van der Waals surface area contributed by atoms with E-state index in [-0.39, 0.29) is 6.04 Å². The zero-order chi connectivity index (χ0) is 14.5. The number of rotatable bonds is 5. The van der Waals surface area contributed by atoms with Gasteiger partial charge in [-0.1, -0.05) is 38.0 Å². The number of ether oxygens (including phenoxy) is 1. The van der Waals surface area contributed by atoms with Crippen LogP contribution in [0.15, 0.2) is 24.3 Å². The summed E-state index contributed by atoms with van der Waals surface area (Å²) in [6.07, 6.45) is 4.75. The number of hydrogen-bond acceptors (Lipinski definition) is 2. The molecule has 0 bridgehead atoms. The summed E-state index contributed by atoms with van der Waals surface area (Å²) in [4.78, 5) is 0. The van der Waals surface area contributed by atoms with E-state index in [4.69, 9.17) is 0 Å². The first kappa shape index (κ1) is 15.2. The number of nitrogens with one attached hydrogen (secondary N) is 1. The van der Waals surface area contributed by atoms with Crippen molar-refractivity contribution in [1.29, 1.82) is 0 Å². The summed E-state index contributed by atoms with van der Waals surface area (Å²) in [6, 6.07) is 7.20. The molecule has 0 amide bonds. The molecule has 0 aliphatic heterocycles. The van der Waals surface area contributed by atoms with Crippen molar-refractivity contribution in [3.05, 3.63) is 29.8 Å². The second kappa shape index (κ2) is 7.02. The van der Waals surface area contributed by atoms with Crippen molar-refractivity contribution in [3.63, 3.8) is 0 Å². The van der Waals surface area contributed by atoms with Crippen LogP contribution in [0.4, 0.5) is 8.78 Å². The van der Waals surface area contributed by atoms with Gasteiger partial charge in [-0.15, -0.1) is 0 Å². The quantitative estimate of drug-likeness (QED) is 0.866. The van der Waals surface area contributed by atoms with E-state index in [1.165, 1.54) is 12.8 Å². The van der Waals surface area contributed by atoms with Crippen molar-refractivity contribution in [2.45, 2.75) is 45.3 Å². The molecule has 1 aromatic carbocycles. The summed E-state index contributed by atoms with van der Waals surface area (Å²) < 4.78 is 29.7. The molecule has 1 saturated carbocycles. The Kier molecular flexibility index (Phi) is 5.35. The second-order valence-corrected chi connectivity index (χ2v) is 5.71. The fraction of sp³-hybridized carbons (Fsp3) is 0.625. The monoisotopic (exact) mass is 283 g/mol. The Labute approximate surface area is 119 Å². The van der Waals surface area contributed by atoms with Gasteiger partial charge in [0, 0.05) is 11.6 Å². The first-order valence-electron chi connectivity index (χ1n) is 7.32.